The zero-order chi connectivity index (χ0) is 44.0. The first-order valence-corrected chi connectivity index (χ1v) is 24.6. The van der Waals surface area contributed by atoms with Crippen LogP contribution in [0.5, 0.6) is 0 Å². The SMILES string of the molecule is CC(=O)C1CC(NC(=O)c2nc(N3CCCc4c3nnc(Nc3nc5ccccc5s3)c4C)ccc2-c2cnn(CC34CC5(C)CC(C)(C3)CC(OCCN3CCCC3)(C5)C4)c2C)C1. The van der Waals surface area contributed by atoms with Gasteiger partial charge in [0.15, 0.2) is 16.8 Å². The molecular weight excluding hydrogens is 821 g/mol. The summed E-state index contributed by atoms with van der Waals surface area (Å²) in [6.45, 7) is 16.7. The number of thiazole rings is 1. The molecule has 4 aromatic heterocycles. The first-order chi connectivity index (χ1) is 30.8. The van der Waals surface area contributed by atoms with Crippen LogP contribution in [0.2, 0.25) is 0 Å². The number of para-hydroxylation sites is 1. The van der Waals surface area contributed by atoms with Crippen molar-refractivity contribution < 1.29 is 14.3 Å². The van der Waals surface area contributed by atoms with Gasteiger partial charge in [0.25, 0.3) is 5.91 Å². The molecule has 5 saturated carbocycles. The Hall–Kier alpha value is -4.79. The van der Waals surface area contributed by atoms with Crippen LogP contribution in [0, 0.1) is 36.0 Å². The van der Waals surface area contributed by atoms with Gasteiger partial charge in [0.05, 0.1) is 28.6 Å². The molecule has 12 rings (SSSR count). The lowest BCUT2D eigenvalue weighted by Gasteiger charge is -2.69. The van der Waals surface area contributed by atoms with Crippen LogP contribution in [0.4, 0.5) is 22.6 Å². The van der Waals surface area contributed by atoms with Gasteiger partial charge >= 0.3 is 0 Å². The van der Waals surface area contributed by atoms with Crippen LogP contribution in [-0.2, 0) is 22.5 Å². The minimum atomic E-state index is -0.235. The Morgan fingerprint density at radius 3 is 2.44 bits per heavy atom. The number of nitrogens with one attached hydrogen (secondary N) is 2. The van der Waals surface area contributed by atoms with Gasteiger partial charge in [0.2, 0.25) is 0 Å². The van der Waals surface area contributed by atoms with E-state index in [-0.39, 0.29) is 45.5 Å². The summed E-state index contributed by atoms with van der Waals surface area (Å²) in [6, 6.07) is 12.1. The third-order valence-corrected chi connectivity index (χ3v) is 16.8. The van der Waals surface area contributed by atoms with Crippen molar-refractivity contribution in [2.75, 3.05) is 43.0 Å². The molecule has 7 aliphatic rings. The number of ketones is 1. The van der Waals surface area contributed by atoms with Gasteiger partial charge in [0, 0.05) is 59.5 Å². The van der Waals surface area contributed by atoms with Crippen molar-refractivity contribution in [2.45, 2.75) is 130 Å². The van der Waals surface area contributed by atoms with E-state index in [1.165, 1.54) is 45.2 Å². The molecule has 2 unspecified atom stereocenters. The molecule has 1 saturated heterocycles. The van der Waals surface area contributed by atoms with Crippen molar-refractivity contribution in [1.29, 1.82) is 0 Å². The molecule has 1 aromatic carbocycles. The molecule has 13 nitrogen and oxygen atoms in total. The van der Waals surface area contributed by atoms with Crippen molar-refractivity contribution in [3.05, 3.63) is 65.1 Å². The lowest BCUT2D eigenvalue weighted by atomic mass is 9.39. The molecule has 2 atom stereocenters. The number of benzene rings is 1. The highest BCUT2D eigenvalue weighted by Crippen LogP contribution is 2.72. The molecule has 4 bridgehead atoms. The minimum Gasteiger partial charge on any atom is -0.374 e. The van der Waals surface area contributed by atoms with E-state index in [4.69, 9.17) is 24.9 Å². The third-order valence-electron chi connectivity index (χ3n) is 15.9. The molecular formula is C50H62N10O3S. The van der Waals surface area contributed by atoms with Gasteiger partial charge in [-0.15, -0.1) is 10.2 Å². The smallest absolute Gasteiger partial charge is 0.270 e. The van der Waals surface area contributed by atoms with E-state index in [2.05, 4.69) is 64.0 Å². The van der Waals surface area contributed by atoms with E-state index < -0.39 is 0 Å². The van der Waals surface area contributed by atoms with Gasteiger partial charge < -0.3 is 25.2 Å². The molecule has 336 valence electrons. The number of rotatable bonds is 13. The summed E-state index contributed by atoms with van der Waals surface area (Å²) >= 11 is 1.59. The van der Waals surface area contributed by atoms with Gasteiger partial charge in [-0.05, 0) is 151 Å². The summed E-state index contributed by atoms with van der Waals surface area (Å²) in [4.78, 5) is 41.2. The van der Waals surface area contributed by atoms with Crippen molar-refractivity contribution in [2.24, 2.45) is 22.2 Å². The quantitative estimate of drug-likeness (QED) is 0.117. The van der Waals surface area contributed by atoms with Gasteiger partial charge in [-0.25, -0.2) is 9.97 Å². The highest BCUT2D eigenvalue weighted by molar-refractivity contribution is 7.22. The molecule has 6 fully saturated rings. The number of fused-ring (bicyclic) bond motifs is 2. The summed E-state index contributed by atoms with van der Waals surface area (Å²) in [7, 11) is 0. The Morgan fingerprint density at radius 1 is 0.891 bits per heavy atom. The summed E-state index contributed by atoms with van der Waals surface area (Å²) in [5, 5.41) is 22.0. The number of likely N-dealkylation sites (tertiary alicyclic amines) is 1. The summed E-state index contributed by atoms with van der Waals surface area (Å²) in [5.41, 5.74) is 6.66. The first kappa shape index (κ1) is 41.9. The number of carbonyl (C=O) groups excluding carboxylic acids is 2. The number of hydrogen-bond acceptors (Lipinski definition) is 12. The molecule has 5 aromatic rings. The number of anilines is 4. The second kappa shape index (κ2) is 15.7. The Balaban J connectivity index is 0.888. The normalized spacial score (nSPS) is 29.5. The predicted octanol–water partition coefficient (Wildman–Crippen LogP) is 9.12. The van der Waals surface area contributed by atoms with Crippen LogP contribution in [0.25, 0.3) is 21.3 Å². The number of pyridine rings is 1. The van der Waals surface area contributed by atoms with Crippen LogP contribution < -0.4 is 15.5 Å². The molecule has 14 heteroatoms. The van der Waals surface area contributed by atoms with Gasteiger partial charge in [-0.2, -0.15) is 5.10 Å². The van der Waals surface area contributed by atoms with E-state index in [0.717, 1.165) is 101 Å². The van der Waals surface area contributed by atoms with E-state index in [1.807, 2.05) is 36.5 Å². The molecule has 0 spiro atoms. The highest BCUT2D eigenvalue weighted by Gasteiger charge is 2.66. The number of aromatic nitrogens is 6. The molecule has 1 amide bonds. The fraction of sp³-hybridized carbons (Fsp3) is 0.580. The topological polar surface area (TPSA) is 143 Å². The standard InChI is InChI=1S/C50H62N10O3S/c1-31-36-11-10-18-59(44(36)57-56-43(31)55-46-53-39-12-6-7-13-40(39)64-46)41-15-14-37(42(54-41)45(62)52-35-21-34(22-35)33(3)61)38-23-51-60(32(38)2)30-49-25-47(4)24-48(5,26-49)28-50(27-47,29-49)63-20-19-58-16-8-9-17-58/h6-7,12-15,23,34-35H,8-11,16-22,24-30H2,1-5H3,(H,52,62)(H,53,55,56). The molecule has 64 heavy (non-hydrogen) atoms. The molecule has 2 N–H and O–H groups in total. The maximum atomic E-state index is 14.5. The summed E-state index contributed by atoms with van der Waals surface area (Å²) < 4.78 is 10.4. The first-order valence-electron chi connectivity index (χ1n) is 23.7. The lowest BCUT2D eigenvalue weighted by Crippen LogP contribution is -2.64. The van der Waals surface area contributed by atoms with Crippen molar-refractivity contribution >= 4 is 55.8 Å². The minimum absolute atomic E-state index is 0.00559. The maximum Gasteiger partial charge on any atom is 0.270 e. The Labute approximate surface area is 380 Å². The van der Waals surface area contributed by atoms with E-state index in [9.17, 15) is 9.59 Å². The van der Waals surface area contributed by atoms with E-state index in [0.29, 0.717) is 36.7 Å². The molecule has 0 radical (unpaired) electrons. The van der Waals surface area contributed by atoms with Crippen molar-refractivity contribution in [3.63, 3.8) is 0 Å². The number of Topliss-reactive ketones (excluding diaryl/α,β-unsaturated/α-hetero) is 1. The summed E-state index contributed by atoms with van der Waals surface area (Å²) in [6.07, 6.45) is 14.6. The monoisotopic (exact) mass is 882 g/mol. The predicted molar refractivity (Wildman–Crippen MR) is 251 cm³/mol. The number of carbonyl (C=O) groups is 2. The van der Waals surface area contributed by atoms with Crippen molar-refractivity contribution in [1.82, 2.24) is 40.2 Å². The average Bonchev–Trinajstić information content (AvgIpc) is 3.98. The zero-order valence-corrected chi connectivity index (χ0v) is 39.0. The molecule has 2 aliphatic heterocycles. The van der Waals surface area contributed by atoms with Crippen LogP contribution in [-0.4, -0.2) is 91.0 Å². The Morgan fingerprint density at radius 2 is 1.67 bits per heavy atom. The number of amides is 1. The second-order valence-corrected chi connectivity index (χ2v) is 22.5. The fourth-order valence-electron chi connectivity index (χ4n) is 14.0. The average molecular weight is 883 g/mol. The lowest BCUT2D eigenvalue weighted by molar-refractivity contribution is -0.248. The maximum absolute atomic E-state index is 14.5. The number of nitrogens with zero attached hydrogens (tertiary/aromatic N) is 8. The Kier molecular flexibility index (Phi) is 10.3. The highest BCUT2D eigenvalue weighted by atomic mass is 32.1. The van der Waals surface area contributed by atoms with E-state index >= 15 is 0 Å². The van der Waals surface area contributed by atoms with Crippen LogP contribution in [0.15, 0.2) is 42.6 Å². The van der Waals surface area contributed by atoms with Gasteiger partial charge in [0.1, 0.15) is 17.3 Å². The second-order valence-electron chi connectivity index (χ2n) is 21.4. The molecule has 6 heterocycles. The number of ether oxygens (including phenoxy) is 1. The van der Waals surface area contributed by atoms with Crippen molar-refractivity contribution in [3.8, 4) is 11.1 Å². The molecule has 5 aliphatic carbocycles. The van der Waals surface area contributed by atoms with Crippen LogP contribution >= 0.6 is 11.3 Å². The largest absolute Gasteiger partial charge is 0.374 e. The number of hydrogen-bond donors (Lipinski definition) is 2. The fourth-order valence-corrected chi connectivity index (χ4v) is 14.9. The third kappa shape index (κ3) is 7.60. The van der Waals surface area contributed by atoms with Gasteiger partial charge in [-0.3, -0.25) is 14.3 Å². The van der Waals surface area contributed by atoms with Gasteiger partial charge in [-0.1, -0.05) is 37.3 Å². The Bertz CT molecular complexity index is 2590. The summed E-state index contributed by atoms with van der Waals surface area (Å²) in [5.74, 6) is 2.04. The van der Waals surface area contributed by atoms with Crippen LogP contribution in [0.3, 0.4) is 0 Å². The van der Waals surface area contributed by atoms with E-state index in [1.54, 1.807) is 18.3 Å². The zero-order valence-electron chi connectivity index (χ0n) is 38.1. The van der Waals surface area contributed by atoms with Crippen LogP contribution in [0.1, 0.15) is 119 Å².